The van der Waals surface area contributed by atoms with E-state index in [1.165, 1.54) is 0 Å². The Labute approximate surface area is 141 Å². The number of amides is 2. The van der Waals surface area contributed by atoms with Crippen LogP contribution in [-0.4, -0.2) is 42.5 Å². The quantitative estimate of drug-likeness (QED) is 0.759. The van der Waals surface area contributed by atoms with Gasteiger partial charge in [0.15, 0.2) is 6.61 Å². The topological polar surface area (TPSA) is 84.7 Å². The van der Waals surface area contributed by atoms with Gasteiger partial charge in [-0.15, -0.1) is 0 Å². The van der Waals surface area contributed by atoms with Crippen molar-refractivity contribution >= 4 is 29.1 Å². The Kier molecular flexibility index (Phi) is 7.85. The number of hydrogen-bond acceptors (Lipinski definition) is 4. The summed E-state index contributed by atoms with van der Waals surface area (Å²) in [5.74, 6) is 0.124. The molecule has 0 bridgehead atoms. The van der Waals surface area contributed by atoms with Gasteiger partial charge < -0.3 is 20.7 Å². The second-order valence-corrected chi connectivity index (χ2v) is 5.64. The average molecular weight is 342 g/mol. The van der Waals surface area contributed by atoms with E-state index in [2.05, 4.69) is 5.32 Å². The molecule has 1 aromatic rings. The summed E-state index contributed by atoms with van der Waals surface area (Å²) >= 11 is 6.12. The van der Waals surface area contributed by atoms with E-state index in [9.17, 15) is 9.59 Å². The van der Waals surface area contributed by atoms with Crippen LogP contribution in [0.4, 0.5) is 5.69 Å². The van der Waals surface area contributed by atoms with Crippen molar-refractivity contribution in [3.05, 3.63) is 23.2 Å². The minimum Gasteiger partial charge on any atom is -0.482 e. The van der Waals surface area contributed by atoms with Crippen molar-refractivity contribution in [1.82, 2.24) is 4.90 Å². The maximum absolute atomic E-state index is 11.9. The van der Waals surface area contributed by atoms with E-state index in [-0.39, 0.29) is 30.9 Å². The summed E-state index contributed by atoms with van der Waals surface area (Å²) in [6.45, 7) is 6.78. The summed E-state index contributed by atoms with van der Waals surface area (Å²) < 4.78 is 5.45. The van der Waals surface area contributed by atoms with E-state index in [0.29, 0.717) is 29.5 Å². The van der Waals surface area contributed by atoms with E-state index >= 15 is 0 Å². The zero-order valence-electron chi connectivity index (χ0n) is 13.8. The highest BCUT2D eigenvalue weighted by atomic mass is 35.5. The van der Waals surface area contributed by atoms with E-state index in [4.69, 9.17) is 22.1 Å². The van der Waals surface area contributed by atoms with Crippen molar-refractivity contribution in [2.24, 2.45) is 5.73 Å². The molecule has 3 N–H and O–H groups in total. The van der Waals surface area contributed by atoms with Crippen LogP contribution in [0.25, 0.3) is 0 Å². The molecule has 0 aromatic heterocycles. The minimum absolute atomic E-state index is 0.0716. The number of carbonyl (C=O) groups excluding carboxylic acids is 2. The Balaban J connectivity index is 2.63. The number of benzene rings is 1. The van der Waals surface area contributed by atoms with Gasteiger partial charge in [0.1, 0.15) is 5.75 Å². The maximum atomic E-state index is 11.9. The summed E-state index contributed by atoms with van der Waals surface area (Å²) in [7, 11) is 0. The van der Waals surface area contributed by atoms with Gasteiger partial charge in [-0.2, -0.15) is 0 Å². The molecule has 6 nitrogen and oxygen atoms in total. The highest BCUT2D eigenvalue weighted by Gasteiger charge is 2.12. The largest absolute Gasteiger partial charge is 0.482 e. The predicted octanol–water partition coefficient (Wildman–Crippen LogP) is 2.26. The number of nitrogens with one attached hydrogen (secondary N) is 1. The molecule has 128 valence electrons. The fraction of sp³-hybridized carbons (Fsp3) is 0.500. The van der Waals surface area contributed by atoms with Gasteiger partial charge in [0.05, 0.1) is 5.02 Å². The third-order valence-electron chi connectivity index (χ3n) is 3.19. The molecule has 0 saturated heterocycles. The fourth-order valence-corrected chi connectivity index (χ4v) is 2.24. The second-order valence-electron chi connectivity index (χ2n) is 5.23. The van der Waals surface area contributed by atoms with Crippen molar-refractivity contribution in [3.8, 4) is 5.75 Å². The first kappa shape index (κ1) is 19.3. The summed E-state index contributed by atoms with van der Waals surface area (Å²) in [5, 5.41) is 3.04. The molecule has 1 unspecified atom stereocenters. The highest BCUT2D eigenvalue weighted by molar-refractivity contribution is 6.32. The zero-order chi connectivity index (χ0) is 17.4. The van der Waals surface area contributed by atoms with Gasteiger partial charge in [0, 0.05) is 31.2 Å². The van der Waals surface area contributed by atoms with Crippen molar-refractivity contribution < 1.29 is 14.3 Å². The van der Waals surface area contributed by atoms with E-state index in [0.717, 1.165) is 0 Å². The Morgan fingerprint density at radius 2 is 2.00 bits per heavy atom. The molecule has 1 rings (SSSR count). The van der Waals surface area contributed by atoms with Crippen molar-refractivity contribution in [3.63, 3.8) is 0 Å². The number of rotatable bonds is 8. The molecule has 0 aliphatic rings. The Morgan fingerprint density at radius 1 is 1.35 bits per heavy atom. The normalized spacial score (nSPS) is 11.7. The van der Waals surface area contributed by atoms with Gasteiger partial charge in [0.25, 0.3) is 5.91 Å². The van der Waals surface area contributed by atoms with Gasteiger partial charge in [-0.3, -0.25) is 9.59 Å². The summed E-state index contributed by atoms with van der Waals surface area (Å²) in [4.78, 5) is 25.2. The van der Waals surface area contributed by atoms with Crippen molar-refractivity contribution in [1.29, 1.82) is 0 Å². The van der Waals surface area contributed by atoms with Gasteiger partial charge in [-0.1, -0.05) is 11.6 Å². The molecule has 0 aliphatic carbocycles. The van der Waals surface area contributed by atoms with Crippen LogP contribution in [-0.2, 0) is 9.59 Å². The molecule has 0 heterocycles. The van der Waals surface area contributed by atoms with Crippen LogP contribution in [0.15, 0.2) is 18.2 Å². The smallest absolute Gasteiger partial charge is 0.260 e. The predicted molar refractivity (Wildman–Crippen MR) is 91.8 cm³/mol. The number of nitrogens with two attached hydrogens (primary N) is 1. The number of hydrogen-bond donors (Lipinski definition) is 2. The third kappa shape index (κ3) is 6.46. The monoisotopic (exact) mass is 341 g/mol. The van der Waals surface area contributed by atoms with Crippen molar-refractivity contribution in [2.45, 2.75) is 33.2 Å². The number of halogens is 1. The minimum atomic E-state index is -0.209. The lowest BCUT2D eigenvalue weighted by molar-refractivity contribution is -0.133. The molecule has 1 atom stereocenters. The van der Waals surface area contributed by atoms with Gasteiger partial charge in [-0.05, 0) is 39.0 Å². The number of anilines is 1. The Hall–Kier alpha value is -1.79. The Morgan fingerprint density at radius 3 is 2.52 bits per heavy atom. The first-order valence-corrected chi connectivity index (χ1v) is 8.00. The number of carbonyl (C=O) groups is 2. The molecule has 0 aliphatic heterocycles. The highest BCUT2D eigenvalue weighted by Crippen LogP contribution is 2.27. The molecule has 0 fully saturated rings. The molecule has 0 radical (unpaired) electrons. The molecule has 23 heavy (non-hydrogen) atoms. The molecule has 1 aromatic carbocycles. The zero-order valence-corrected chi connectivity index (χ0v) is 14.5. The van der Waals surface area contributed by atoms with E-state index in [1.54, 1.807) is 30.0 Å². The lowest BCUT2D eigenvalue weighted by Gasteiger charge is -2.19. The van der Waals surface area contributed by atoms with Crippen LogP contribution < -0.4 is 15.8 Å². The van der Waals surface area contributed by atoms with E-state index < -0.39 is 0 Å². The van der Waals surface area contributed by atoms with Crippen LogP contribution in [0.3, 0.4) is 0 Å². The van der Waals surface area contributed by atoms with Gasteiger partial charge in [-0.25, -0.2) is 0 Å². The SMILES string of the molecule is CCN(CC)C(=O)COc1ccc(NC(=O)CC(C)N)cc1Cl. The van der Waals surface area contributed by atoms with Gasteiger partial charge in [0.2, 0.25) is 5.91 Å². The standard InChI is InChI=1S/C16H24ClN3O3/c1-4-20(5-2)16(22)10-23-14-7-6-12(9-13(14)17)19-15(21)8-11(3)18/h6-7,9,11H,4-5,8,10,18H2,1-3H3,(H,19,21). The number of nitrogens with zero attached hydrogens (tertiary/aromatic N) is 1. The number of ether oxygens (including phenoxy) is 1. The fourth-order valence-electron chi connectivity index (χ4n) is 2.01. The molecule has 0 saturated carbocycles. The van der Waals surface area contributed by atoms with Crippen LogP contribution in [0, 0.1) is 0 Å². The lowest BCUT2D eigenvalue weighted by atomic mass is 10.2. The number of likely N-dealkylation sites (N-methyl/N-ethyl adjacent to an activating group) is 1. The van der Waals surface area contributed by atoms with Gasteiger partial charge >= 0.3 is 0 Å². The molecule has 2 amide bonds. The first-order chi connectivity index (χ1) is 10.9. The summed E-state index contributed by atoms with van der Waals surface area (Å²) in [6, 6.07) is 4.67. The average Bonchev–Trinajstić information content (AvgIpc) is 2.46. The molecule has 7 heteroatoms. The third-order valence-corrected chi connectivity index (χ3v) is 3.49. The Bertz CT molecular complexity index is 545. The summed E-state index contributed by atoms with van der Waals surface area (Å²) in [5.41, 5.74) is 6.13. The van der Waals surface area contributed by atoms with Crippen LogP contribution in [0.5, 0.6) is 5.75 Å². The molecular formula is C16H24ClN3O3. The van der Waals surface area contributed by atoms with Crippen molar-refractivity contribution in [2.75, 3.05) is 25.0 Å². The molecular weight excluding hydrogens is 318 g/mol. The first-order valence-electron chi connectivity index (χ1n) is 7.62. The molecule has 0 spiro atoms. The summed E-state index contributed by atoms with van der Waals surface area (Å²) in [6.07, 6.45) is 0.230. The van der Waals surface area contributed by atoms with Crippen LogP contribution in [0.2, 0.25) is 5.02 Å². The van der Waals surface area contributed by atoms with Crippen LogP contribution >= 0.6 is 11.6 Å². The van der Waals surface area contributed by atoms with E-state index in [1.807, 2.05) is 13.8 Å². The second kappa shape index (κ2) is 9.37. The lowest BCUT2D eigenvalue weighted by Crippen LogP contribution is -2.34. The maximum Gasteiger partial charge on any atom is 0.260 e. The van der Waals surface area contributed by atoms with Crippen LogP contribution in [0.1, 0.15) is 27.2 Å².